The predicted molar refractivity (Wildman–Crippen MR) is 102 cm³/mol. The molecule has 0 radical (unpaired) electrons. The molecule has 0 saturated heterocycles. The third-order valence-electron chi connectivity index (χ3n) is 3.78. The number of aromatic nitrogens is 4. The molecule has 0 spiro atoms. The van der Waals surface area contributed by atoms with E-state index in [4.69, 9.17) is 4.74 Å². The number of hydrogen-bond donors (Lipinski definition) is 1. The van der Waals surface area contributed by atoms with Gasteiger partial charge in [-0.1, -0.05) is 18.2 Å². The van der Waals surface area contributed by atoms with Crippen LogP contribution in [0.25, 0.3) is 0 Å². The van der Waals surface area contributed by atoms with Crippen molar-refractivity contribution in [2.24, 2.45) is 0 Å². The van der Waals surface area contributed by atoms with E-state index in [2.05, 4.69) is 36.5 Å². The van der Waals surface area contributed by atoms with E-state index in [9.17, 15) is 9.18 Å². The first kappa shape index (κ1) is 17.9. The molecule has 0 unspecified atom stereocenters. The average Bonchev–Trinajstić information content (AvgIpc) is 3.02. The van der Waals surface area contributed by atoms with Crippen LogP contribution in [0, 0.1) is 5.82 Å². The molecule has 0 fully saturated rings. The third kappa shape index (κ3) is 3.96. The number of nitrogens with one attached hydrogen (secondary N) is 1. The van der Waals surface area contributed by atoms with Crippen molar-refractivity contribution in [3.05, 3.63) is 58.1 Å². The molecule has 3 aromatic rings. The van der Waals surface area contributed by atoms with Crippen molar-refractivity contribution in [2.45, 2.75) is 11.4 Å². The summed E-state index contributed by atoms with van der Waals surface area (Å²) in [4.78, 5) is 13.3. The minimum atomic E-state index is -0.437. The summed E-state index contributed by atoms with van der Waals surface area (Å²) in [5.41, 5.74) is 0.672. The van der Waals surface area contributed by atoms with Gasteiger partial charge in [0.2, 0.25) is 5.88 Å². The van der Waals surface area contributed by atoms with Gasteiger partial charge in [0, 0.05) is 17.5 Å². The monoisotopic (exact) mass is 449 g/mol. The van der Waals surface area contributed by atoms with E-state index in [0.29, 0.717) is 28.3 Å². The van der Waals surface area contributed by atoms with E-state index in [1.54, 1.807) is 46.9 Å². The second-order valence-electron chi connectivity index (χ2n) is 5.66. The molecule has 1 N–H and O–H groups in total. The van der Waals surface area contributed by atoms with Crippen LogP contribution in [0.3, 0.4) is 0 Å². The fourth-order valence-electron chi connectivity index (χ4n) is 2.50. The fraction of sp³-hybridized carbons (Fsp3) is 0.176. The van der Waals surface area contributed by atoms with Crippen molar-refractivity contribution < 1.29 is 13.9 Å². The number of amides is 1. The van der Waals surface area contributed by atoms with Gasteiger partial charge in [0.1, 0.15) is 5.82 Å². The zero-order valence-corrected chi connectivity index (χ0v) is 16.3. The highest BCUT2D eigenvalue weighted by atomic mass is 79.9. The third-order valence-corrected chi connectivity index (χ3v) is 5.33. The molecular formula is C17H13BrFN5O2S. The number of anilines is 1. The van der Waals surface area contributed by atoms with Gasteiger partial charge in [-0.3, -0.25) is 9.48 Å². The maximum absolute atomic E-state index is 13.8. The lowest BCUT2D eigenvalue weighted by Crippen LogP contribution is -2.17. The molecule has 1 aliphatic rings. The van der Waals surface area contributed by atoms with Crippen LogP contribution in [0.4, 0.5) is 10.2 Å². The molecular weight excluding hydrogens is 437 g/mol. The van der Waals surface area contributed by atoms with Crippen LogP contribution in [-0.2, 0) is 6.54 Å². The number of ether oxygens (including phenoxy) is 1. The molecule has 1 aliphatic heterocycles. The molecule has 3 heterocycles. The quantitative estimate of drug-likeness (QED) is 0.657. The van der Waals surface area contributed by atoms with Crippen LogP contribution in [-0.4, -0.2) is 38.2 Å². The summed E-state index contributed by atoms with van der Waals surface area (Å²) in [7, 11) is 0. The smallest absolute Gasteiger partial charge is 0.277 e. The Morgan fingerprint density at radius 3 is 3.07 bits per heavy atom. The zero-order chi connectivity index (χ0) is 18.8. The molecule has 2 aromatic heterocycles. The standard InChI is InChI=1S/C17H13BrFN5O2S/c18-11-9-24(8-10-3-1-2-4-12(10)19)23-15(11)20-16(25)13-7-14-17(22-21-13)26-5-6-27-14/h1-4,7,9H,5-6,8H2,(H,20,23,25). The Bertz CT molecular complexity index is 1010. The van der Waals surface area contributed by atoms with Crippen LogP contribution in [0.15, 0.2) is 45.9 Å². The number of carbonyl (C=O) groups is 1. The van der Waals surface area contributed by atoms with Crippen molar-refractivity contribution >= 4 is 39.4 Å². The van der Waals surface area contributed by atoms with E-state index < -0.39 is 5.91 Å². The average molecular weight is 450 g/mol. The lowest BCUT2D eigenvalue weighted by Gasteiger charge is -2.14. The number of hydrogen-bond acceptors (Lipinski definition) is 6. The number of thioether (sulfide) groups is 1. The summed E-state index contributed by atoms with van der Waals surface area (Å²) in [6.07, 6.45) is 1.67. The molecule has 0 bridgehead atoms. The van der Waals surface area contributed by atoms with Crippen molar-refractivity contribution in [1.29, 1.82) is 0 Å². The summed E-state index contributed by atoms with van der Waals surface area (Å²) < 4.78 is 21.3. The van der Waals surface area contributed by atoms with Crippen molar-refractivity contribution in [2.75, 3.05) is 17.7 Å². The normalized spacial score (nSPS) is 13.0. The molecule has 10 heteroatoms. The molecule has 0 atom stereocenters. The summed E-state index contributed by atoms with van der Waals surface area (Å²) in [5, 5.41) is 14.8. The minimum Gasteiger partial charge on any atom is -0.475 e. The first-order chi connectivity index (χ1) is 13.1. The lowest BCUT2D eigenvalue weighted by molar-refractivity contribution is 0.102. The number of fused-ring (bicyclic) bond motifs is 1. The maximum atomic E-state index is 13.8. The SMILES string of the molecule is O=C(Nc1nn(Cc2ccccc2F)cc1Br)c1cc2c(nn1)OCCS2. The van der Waals surface area contributed by atoms with E-state index in [0.717, 1.165) is 10.6 Å². The number of nitrogens with zero attached hydrogens (tertiary/aromatic N) is 4. The Kier molecular flexibility index (Phi) is 5.08. The predicted octanol–water partition coefficient (Wildman–Crippen LogP) is 3.36. The number of benzene rings is 1. The number of carbonyl (C=O) groups excluding carboxylic acids is 1. The Hall–Kier alpha value is -2.46. The summed E-state index contributed by atoms with van der Waals surface area (Å²) in [5.74, 6) is 0.816. The van der Waals surface area contributed by atoms with Crippen LogP contribution in [0.2, 0.25) is 0 Å². The van der Waals surface area contributed by atoms with Gasteiger partial charge in [0.25, 0.3) is 5.91 Å². The van der Waals surface area contributed by atoms with E-state index >= 15 is 0 Å². The Balaban J connectivity index is 1.50. The molecule has 1 aromatic carbocycles. The van der Waals surface area contributed by atoms with Gasteiger partial charge in [-0.15, -0.1) is 22.0 Å². The molecule has 27 heavy (non-hydrogen) atoms. The minimum absolute atomic E-state index is 0.169. The summed E-state index contributed by atoms with van der Waals surface area (Å²) >= 11 is 4.92. The Labute approximate surface area is 166 Å². The first-order valence-electron chi connectivity index (χ1n) is 8.01. The van der Waals surface area contributed by atoms with Crippen LogP contribution in [0.1, 0.15) is 16.1 Å². The van der Waals surface area contributed by atoms with Gasteiger partial charge in [-0.25, -0.2) is 4.39 Å². The largest absolute Gasteiger partial charge is 0.475 e. The van der Waals surface area contributed by atoms with Crippen molar-refractivity contribution in [3.8, 4) is 5.88 Å². The zero-order valence-electron chi connectivity index (χ0n) is 13.9. The van der Waals surface area contributed by atoms with E-state index in [1.165, 1.54) is 6.07 Å². The van der Waals surface area contributed by atoms with Crippen LogP contribution in [0.5, 0.6) is 5.88 Å². The highest BCUT2D eigenvalue weighted by molar-refractivity contribution is 9.10. The number of rotatable bonds is 4. The maximum Gasteiger partial charge on any atom is 0.277 e. The molecule has 138 valence electrons. The topological polar surface area (TPSA) is 81.9 Å². The van der Waals surface area contributed by atoms with E-state index in [1.807, 2.05) is 0 Å². The highest BCUT2D eigenvalue weighted by Gasteiger charge is 2.19. The molecule has 1 amide bonds. The van der Waals surface area contributed by atoms with Gasteiger partial charge in [-0.05, 0) is 28.1 Å². The lowest BCUT2D eigenvalue weighted by atomic mass is 10.2. The van der Waals surface area contributed by atoms with Crippen LogP contribution >= 0.6 is 27.7 Å². The van der Waals surface area contributed by atoms with Gasteiger partial charge in [-0.2, -0.15) is 5.10 Å². The molecule has 0 saturated carbocycles. The molecule has 4 rings (SSSR count). The second kappa shape index (κ2) is 7.65. The van der Waals surface area contributed by atoms with Crippen molar-refractivity contribution in [1.82, 2.24) is 20.0 Å². The van der Waals surface area contributed by atoms with Crippen LogP contribution < -0.4 is 10.1 Å². The Morgan fingerprint density at radius 1 is 1.37 bits per heavy atom. The van der Waals surface area contributed by atoms with Gasteiger partial charge < -0.3 is 10.1 Å². The molecule has 0 aliphatic carbocycles. The van der Waals surface area contributed by atoms with Crippen molar-refractivity contribution in [3.63, 3.8) is 0 Å². The Morgan fingerprint density at radius 2 is 2.22 bits per heavy atom. The van der Waals surface area contributed by atoms with Gasteiger partial charge >= 0.3 is 0 Å². The van der Waals surface area contributed by atoms with Gasteiger partial charge in [0.05, 0.1) is 22.5 Å². The van der Waals surface area contributed by atoms with E-state index in [-0.39, 0.29) is 18.1 Å². The summed E-state index contributed by atoms with van der Waals surface area (Å²) in [6, 6.07) is 8.12. The van der Waals surface area contributed by atoms with Gasteiger partial charge in [0.15, 0.2) is 11.5 Å². The fourth-order valence-corrected chi connectivity index (χ4v) is 3.72. The second-order valence-corrected chi connectivity index (χ2v) is 7.66. The number of halogens is 2. The molecule has 7 nitrogen and oxygen atoms in total. The highest BCUT2D eigenvalue weighted by Crippen LogP contribution is 2.31. The summed E-state index contributed by atoms with van der Waals surface area (Å²) in [6.45, 7) is 0.818. The first-order valence-corrected chi connectivity index (χ1v) is 9.79.